The van der Waals surface area contributed by atoms with Crippen LogP contribution in [-0.2, 0) is 11.3 Å². The molecule has 0 aromatic heterocycles. The maximum Gasteiger partial charge on any atom is 0.234 e. The number of nitrogens with one attached hydrogen (secondary N) is 1. The minimum atomic E-state index is -0.337. The number of rotatable bonds is 8. The molecule has 2 rings (SSSR count). The molecular weight excluding hydrogens is 352 g/mol. The summed E-state index contributed by atoms with van der Waals surface area (Å²) in [5, 5.41) is 11.7. The Morgan fingerprint density at radius 2 is 1.81 bits per heavy atom. The summed E-state index contributed by atoms with van der Waals surface area (Å²) in [6.07, 6.45) is -0.180. The van der Waals surface area contributed by atoms with Gasteiger partial charge in [0.1, 0.15) is 31.1 Å². The van der Waals surface area contributed by atoms with Gasteiger partial charge in [-0.05, 0) is 55.3 Å². The SMILES string of the molecule is Cc1cc(C)cc(OCCOc2ccc(Cl)cc2CNC(=O)CC#N)c1. The van der Waals surface area contributed by atoms with Crippen molar-refractivity contribution in [2.75, 3.05) is 13.2 Å². The van der Waals surface area contributed by atoms with Gasteiger partial charge in [-0.3, -0.25) is 4.79 Å². The number of carbonyl (C=O) groups is 1. The van der Waals surface area contributed by atoms with Gasteiger partial charge in [0, 0.05) is 17.1 Å². The topological polar surface area (TPSA) is 71.3 Å². The van der Waals surface area contributed by atoms with E-state index in [0.29, 0.717) is 24.0 Å². The molecule has 0 fully saturated rings. The fourth-order valence-electron chi connectivity index (χ4n) is 2.48. The van der Waals surface area contributed by atoms with Crippen molar-refractivity contribution >= 4 is 17.5 Å². The van der Waals surface area contributed by atoms with E-state index < -0.39 is 0 Å². The van der Waals surface area contributed by atoms with E-state index in [0.717, 1.165) is 22.4 Å². The molecule has 1 amide bonds. The maximum atomic E-state index is 11.5. The molecule has 0 bridgehead atoms. The summed E-state index contributed by atoms with van der Waals surface area (Å²) >= 11 is 6.02. The summed E-state index contributed by atoms with van der Waals surface area (Å²) < 4.78 is 11.5. The minimum Gasteiger partial charge on any atom is -0.490 e. The second-order valence-electron chi connectivity index (χ2n) is 5.88. The molecule has 2 aromatic rings. The Morgan fingerprint density at radius 3 is 2.50 bits per heavy atom. The molecule has 0 aliphatic heterocycles. The number of nitriles is 1. The summed E-state index contributed by atoms with van der Waals surface area (Å²) in [6, 6.07) is 13.1. The quantitative estimate of drug-likeness (QED) is 0.712. The largest absolute Gasteiger partial charge is 0.490 e. The first-order valence-corrected chi connectivity index (χ1v) is 8.61. The van der Waals surface area contributed by atoms with Crippen LogP contribution in [0.1, 0.15) is 23.1 Å². The molecule has 0 heterocycles. The lowest BCUT2D eigenvalue weighted by molar-refractivity contribution is -0.120. The van der Waals surface area contributed by atoms with E-state index in [2.05, 4.69) is 11.4 Å². The van der Waals surface area contributed by atoms with E-state index >= 15 is 0 Å². The van der Waals surface area contributed by atoms with Crippen LogP contribution < -0.4 is 14.8 Å². The molecule has 0 atom stereocenters. The fraction of sp³-hybridized carbons (Fsp3) is 0.300. The first-order valence-electron chi connectivity index (χ1n) is 8.24. The standard InChI is InChI=1S/C20H21ClN2O3/c1-14-9-15(2)11-18(10-14)25-7-8-26-19-4-3-17(21)12-16(19)13-23-20(24)5-6-22/h3-4,9-12H,5,7-8,13H2,1-2H3,(H,23,24). The van der Waals surface area contributed by atoms with E-state index in [9.17, 15) is 4.79 Å². The van der Waals surface area contributed by atoms with Gasteiger partial charge in [0.15, 0.2) is 0 Å². The second-order valence-corrected chi connectivity index (χ2v) is 6.32. The predicted octanol–water partition coefficient (Wildman–Crippen LogP) is 3.94. The molecule has 26 heavy (non-hydrogen) atoms. The van der Waals surface area contributed by atoms with Gasteiger partial charge >= 0.3 is 0 Å². The highest BCUT2D eigenvalue weighted by molar-refractivity contribution is 6.30. The van der Waals surface area contributed by atoms with Gasteiger partial charge in [-0.2, -0.15) is 5.26 Å². The van der Waals surface area contributed by atoms with Crippen molar-refractivity contribution in [3.63, 3.8) is 0 Å². The lowest BCUT2D eigenvalue weighted by Gasteiger charge is -2.13. The third-order valence-corrected chi connectivity index (χ3v) is 3.78. The first kappa shape index (κ1) is 19.6. The Kier molecular flexibility index (Phi) is 7.31. The fourth-order valence-corrected chi connectivity index (χ4v) is 2.68. The molecular formula is C20H21ClN2O3. The molecule has 0 saturated carbocycles. The number of ether oxygens (including phenoxy) is 2. The molecule has 0 radical (unpaired) electrons. The van der Waals surface area contributed by atoms with Crippen LogP contribution in [0.25, 0.3) is 0 Å². The normalized spacial score (nSPS) is 10.1. The van der Waals surface area contributed by atoms with Gasteiger partial charge < -0.3 is 14.8 Å². The number of amides is 1. The lowest BCUT2D eigenvalue weighted by atomic mass is 10.1. The zero-order chi connectivity index (χ0) is 18.9. The second kappa shape index (κ2) is 9.69. The third kappa shape index (κ3) is 6.30. The number of aryl methyl sites for hydroxylation is 2. The number of nitrogens with zero attached hydrogens (tertiary/aromatic N) is 1. The highest BCUT2D eigenvalue weighted by Gasteiger charge is 2.08. The zero-order valence-electron chi connectivity index (χ0n) is 14.8. The molecule has 0 aliphatic carbocycles. The molecule has 6 heteroatoms. The van der Waals surface area contributed by atoms with Crippen LogP contribution in [0.3, 0.4) is 0 Å². The molecule has 136 valence electrons. The van der Waals surface area contributed by atoms with Gasteiger partial charge in [0.2, 0.25) is 5.91 Å². The van der Waals surface area contributed by atoms with Crippen LogP contribution in [0, 0.1) is 25.2 Å². The van der Waals surface area contributed by atoms with Crippen molar-refractivity contribution < 1.29 is 14.3 Å². The molecule has 0 saturated heterocycles. The molecule has 1 N–H and O–H groups in total. The van der Waals surface area contributed by atoms with Gasteiger partial charge in [-0.15, -0.1) is 0 Å². The average molecular weight is 373 g/mol. The van der Waals surface area contributed by atoms with Gasteiger partial charge in [-0.25, -0.2) is 0 Å². The Hall–Kier alpha value is -2.71. The molecule has 0 spiro atoms. The molecule has 0 aliphatic rings. The number of carbonyl (C=O) groups excluding carboxylic acids is 1. The summed E-state index contributed by atoms with van der Waals surface area (Å²) in [5.41, 5.74) is 3.04. The highest BCUT2D eigenvalue weighted by atomic mass is 35.5. The molecule has 0 unspecified atom stereocenters. The maximum absolute atomic E-state index is 11.5. The average Bonchev–Trinajstić information content (AvgIpc) is 2.57. The molecule has 5 nitrogen and oxygen atoms in total. The van der Waals surface area contributed by atoms with Crippen LogP contribution in [-0.4, -0.2) is 19.1 Å². The summed E-state index contributed by atoms with van der Waals surface area (Å²) in [4.78, 5) is 11.5. The van der Waals surface area contributed by atoms with E-state index in [-0.39, 0.29) is 18.9 Å². The van der Waals surface area contributed by atoms with Crippen LogP contribution >= 0.6 is 11.6 Å². The number of hydrogen-bond acceptors (Lipinski definition) is 4. The number of benzene rings is 2. The number of halogens is 1. The van der Waals surface area contributed by atoms with Gasteiger partial charge in [0.05, 0.1) is 6.07 Å². The van der Waals surface area contributed by atoms with Crippen molar-refractivity contribution in [2.24, 2.45) is 0 Å². The third-order valence-electron chi connectivity index (χ3n) is 3.54. The van der Waals surface area contributed by atoms with Crippen LogP contribution in [0.5, 0.6) is 11.5 Å². The van der Waals surface area contributed by atoms with Crippen LogP contribution in [0.2, 0.25) is 5.02 Å². The Labute approximate surface area is 158 Å². The summed E-state index contributed by atoms with van der Waals surface area (Å²) in [5.74, 6) is 1.10. The van der Waals surface area contributed by atoms with Crippen molar-refractivity contribution in [1.82, 2.24) is 5.32 Å². The predicted molar refractivity (Wildman–Crippen MR) is 100 cm³/mol. The Balaban J connectivity index is 1.90. The molecule has 2 aromatic carbocycles. The van der Waals surface area contributed by atoms with Crippen molar-refractivity contribution in [2.45, 2.75) is 26.8 Å². The smallest absolute Gasteiger partial charge is 0.234 e. The van der Waals surface area contributed by atoms with Crippen LogP contribution in [0.4, 0.5) is 0 Å². The number of hydrogen-bond donors (Lipinski definition) is 1. The lowest BCUT2D eigenvalue weighted by Crippen LogP contribution is -2.22. The summed E-state index contributed by atoms with van der Waals surface area (Å²) in [7, 11) is 0. The van der Waals surface area contributed by atoms with Crippen molar-refractivity contribution in [1.29, 1.82) is 5.26 Å². The summed E-state index contributed by atoms with van der Waals surface area (Å²) in [6.45, 7) is 5.04. The zero-order valence-corrected chi connectivity index (χ0v) is 15.6. The van der Waals surface area contributed by atoms with E-state index in [4.69, 9.17) is 26.3 Å². The highest BCUT2D eigenvalue weighted by Crippen LogP contribution is 2.23. The first-order chi connectivity index (χ1) is 12.5. The van der Waals surface area contributed by atoms with E-state index in [1.165, 1.54) is 0 Å². The Bertz CT molecular complexity index is 795. The van der Waals surface area contributed by atoms with Gasteiger partial charge in [0.25, 0.3) is 0 Å². The van der Waals surface area contributed by atoms with Crippen molar-refractivity contribution in [3.05, 3.63) is 58.1 Å². The van der Waals surface area contributed by atoms with Crippen molar-refractivity contribution in [3.8, 4) is 17.6 Å². The van der Waals surface area contributed by atoms with E-state index in [1.54, 1.807) is 18.2 Å². The van der Waals surface area contributed by atoms with E-state index in [1.807, 2.05) is 32.0 Å². The van der Waals surface area contributed by atoms with Crippen LogP contribution in [0.15, 0.2) is 36.4 Å². The monoisotopic (exact) mass is 372 g/mol. The van der Waals surface area contributed by atoms with Gasteiger partial charge in [-0.1, -0.05) is 17.7 Å². The Morgan fingerprint density at radius 1 is 1.12 bits per heavy atom. The minimum absolute atomic E-state index is 0.180.